The zero-order valence-electron chi connectivity index (χ0n) is 9.39. The highest BCUT2D eigenvalue weighted by Crippen LogP contribution is 2.16. The molecule has 0 saturated heterocycles. The molecule has 0 heterocycles. The molecule has 3 heteroatoms. The minimum atomic E-state index is -0.0672. The topological polar surface area (TPSA) is 73.7 Å². The molecule has 0 fully saturated rings. The van der Waals surface area contributed by atoms with Gasteiger partial charge in [-0.25, -0.2) is 0 Å². The molecule has 0 saturated carbocycles. The van der Waals surface area contributed by atoms with Crippen molar-refractivity contribution < 1.29 is 0 Å². The third-order valence-corrected chi connectivity index (χ3v) is 2.35. The molecule has 0 radical (unpaired) electrons. The summed E-state index contributed by atoms with van der Waals surface area (Å²) < 4.78 is 0. The average molecular weight is 203 g/mol. The number of nitrogens with one attached hydrogen (secondary N) is 2. The summed E-state index contributed by atoms with van der Waals surface area (Å²) in [5, 5.41) is 15.2. The van der Waals surface area contributed by atoms with Gasteiger partial charge in [0.25, 0.3) is 0 Å². The van der Waals surface area contributed by atoms with Crippen LogP contribution < -0.4 is 5.73 Å². The maximum absolute atomic E-state index is 7.60. The van der Waals surface area contributed by atoms with E-state index in [0.29, 0.717) is 11.4 Å². The third-order valence-electron chi connectivity index (χ3n) is 2.35. The van der Waals surface area contributed by atoms with E-state index in [4.69, 9.17) is 16.6 Å². The minimum absolute atomic E-state index is 0.0672. The maximum atomic E-state index is 7.60. The molecule has 0 amide bonds. The van der Waals surface area contributed by atoms with Crippen molar-refractivity contribution in [3.63, 3.8) is 0 Å². The first-order chi connectivity index (χ1) is 6.91. The number of rotatable bonds is 3. The van der Waals surface area contributed by atoms with Crippen molar-refractivity contribution in [2.45, 2.75) is 26.8 Å². The molecule has 3 nitrogen and oxygen atoms in total. The van der Waals surface area contributed by atoms with Gasteiger partial charge in [-0.15, -0.1) is 0 Å². The Morgan fingerprint density at radius 3 is 1.73 bits per heavy atom. The Labute approximate surface area is 90.3 Å². The molecule has 15 heavy (non-hydrogen) atoms. The van der Waals surface area contributed by atoms with Crippen LogP contribution in [0.5, 0.6) is 0 Å². The summed E-state index contributed by atoms with van der Waals surface area (Å²) >= 11 is 0. The second-order valence-electron chi connectivity index (χ2n) is 3.88. The van der Waals surface area contributed by atoms with Crippen LogP contribution in [0.2, 0.25) is 0 Å². The van der Waals surface area contributed by atoms with E-state index < -0.39 is 0 Å². The van der Waals surface area contributed by atoms with E-state index in [0.717, 1.165) is 16.7 Å². The normalized spacial score (nSPS) is 12.3. The summed E-state index contributed by atoms with van der Waals surface area (Å²) in [6.45, 7) is 5.38. The first-order valence-corrected chi connectivity index (χ1v) is 4.93. The van der Waals surface area contributed by atoms with Gasteiger partial charge in [-0.2, -0.15) is 0 Å². The molecular formula is C12H17N3. The highest BCUT2D eigenvalue weighted by atomic mass is 14.6. The fraction of sp³-hybridized carbons (Fsp3) is 0.333. The summed E-state index contributed by atoms with van der Waals surface area (Å²) in [7, 11) is 0. The molecule has 1 atom stereocenters. The first-order valence-electron chi connectivity index (χ1n) is 4.93. The molecule has 1 aromatic carbocycles. The van der Waals surface area contributed by atoms with Crippen LogP contribution in [0.4, 0.5) is 0 Å². The monoisotopic (exact) mass is 203 g/mol. The highest BCUT2D eigenvalue weighted by molar-refractivity contribution is 6.01. The predicted octanol–water partition coefficient (Wildman–Crippen LogP) is 2.48. The Bertz CT molecular complexity index is 373. The largest absolute Gasteiger partial charge is 0.324 e. The molecule has 0 spiro atoms. The minimum Gasteiger partial charge on any atom is -0.324 e. The lowest BCUT2D eigenvalue weighted by Gasteiger charge is -2.11. The van der Waals surface area contributed by atoms with Crippen molar-refractivity contribution in [1.82, 2.24) is 0 Å². The van der Waals surface area contributed by atoms with E-state index in [1.54, 1.807) is 13.8 Å². The summed E-state index contributed by atoms with van der Waals surface area (Å²) in [4.78, 5) is 0. The SMILES string of the molecule is CC(=N)c1cc(C(C)=N)cc(C(C)N)c1. The number of nitrogens with two attached hydrogens (primary N) is 1. The lowest BCUT2D eigenvalue weighted by atomic mass is 9.98. The van der Waals surface area contributed by atoms with Crippen molar-refractivity contribution in [2.75, 3.05) is 0 Å². The van der Waals surface area contributed by atoms with Crippen LogP contribution in [0, 0.1) is 10.8 Å². The Morgan fingerprint density at radius 1 is 1.07 bits per heavy atom. The van der Waals surface area contributed by atoms with Gasteiger partial charge in [-0.05, 0) is 55.7 Å². The molecule has 80 valence electrons. The Hall–Kier alpha value is -1.48. The fourth-order valence-electron chi connectivity index (χ4n) is 1.35. The van der Waals surface area contributed by atoms with Gasteiger partial charge in [0.2, 0.25) is 0 Å². The van der Waals surface area contributed by atoms with Gasteiger partial charge >= 0.3 is 0 Å². The molecule has 1 aromatic rings. The lowest BCUT2D eigenvalue weighted by Crippen LogP contribution is -2.08. The van der Waals surface area contributed by atoms with Crippen LogP contribution >= 0.6 is 0 Å². The average Bonchev–Trinajstić information content (AvgIpc) is 2.16. The maximum Gasteiger partial charge on any atom is 0.0355 e. The number of hydrogen-bond acceptors (Lipinski definition) is 3. The van der Waals surface area contributed by atoms with Crippen LogP contribution in [0.15, 0.2) is 18.2 Å². The summed E-state index contributed by atoms with van der Waals surface area (Å²) in [6, 6.07) is 5.62. The van der Waals surface area contributed by atoms with Gasteiger partial charge in [0, 0.05) is 17.5 Å². The second kappa shape index (κ2) is 4.36. The molecule has 0 aliphatic carbocycles. The Morgan fingerprint density at radius 2 is 1.47 bits per heavy atom. The summed E-state index contributed by atoms with van der Waals surface area (Å²) in [6.07, 6.45) is 0. The zero-order chi connectivity index (χ0) is 11.6. The first kappa shape index (κ1) is 11.6. The molecule has 1 unspecified atom stereocenters. The molecule has 0 aliphatic rings. The fourth-order valence-corrected chi connectivity index (χ4v) is 1.35. The standard InChI is InChI=1S/C12H17N3/c1-7(13)10-4-11(8(2)14)6-12(5-10)9(3)15/h4-7,14-15H,13H2,1-3H3. The van der Waals surface area contributed by atoms with Crippen LogP contribution in [0.25, 0.3) is 0 Å². The quantitative estimate of drug-likeness (QED) is 0.649. The lowest BCUT2D eigenvalue weighted by molar-refractivity contribution is 0.817. The van der Waals surface area contributed by atoms with E-state index >= 15 is 0 Å². The van der Waals surface area contributed by atoms with Crippen molar-refractivity contribution in [2.24, 2.45) is 5.73 Å². The van der Waals surface area contributed by atoms with Gasteiger partial charge in [-0.3, -0.25) is 0 Å². The Balaban J connectivity index is 3.32. The van der Waals surface area contributed by atoms with E-state index in [1.807, 2.05) is 25.1 Å². The number of hydrogen-bond donors (Lipinski definition) is 3. The molecule has 0 aromatic heterocycles. The van der Waals surface area contributed by atoms with Gasteiger partial charge in [0.05, 0.1) is 0 Å². The molecule has 0 aliphatic heterocycles. The molecule has 4 N–H and O–H groups in total. The Kier molecular flexibility index (Phi) is 3.37. The second-order valence-corrected chi connectivity index (χ2v) is 3.88. The van der Waals surface area contributed by atoms with Crippen molar-refractivity contribution >= 4 is 11.4 Å². The summed E-state index contributed by atoms with van der Waals surface area (Å²) in [5.41, 5.74) is 9.46. The van der Waals surface area contributed by atoms with E-state index in [9.17, 15) is 0 Å². The van der Waals surface area contributed by atoms with Crippen LogP contribution in [-0.4, -0.2) is 11.4 Å². The third kappa shape index (κ3) is 2.73. The van der Waals surface area contributed by atoms with Crippen molar-refractivity contribution in [1.29, 1.82) is 10.8 Å². The van der Waals surface area contributed by atoms with E-state index in [1.165, 1.54) is 0 Å². The van der Waals surface area contributed by atoms with Gasteiger partial charge in [-0.1, -0.05) is 0 Å². The smallest absolute Gasteiger partial charge is 0.0355 e. The molecular weight excluding hydrogens is 186 g/mol. The van der Waals surface area contributed by atoms with Crippen LogP contribution in [0.1, 0.15) is 43.5 Å². The predicted molar refractivity (Wildman–Crippen MR) is 64.0 cm³/mol. The summed E-state index contributed by atoms with van der Waals surface area (Å²) in [5.74, 6) is 0. The van der Waals surface area contributed by atoms with Crippen molar-refractivity contribution in [3.05, 3.63) is 34.9 Å². The van der Waals surface area contributed by atoms with E-state index in [-0.39, 0.29) is 6.04 Å². The highest BCUT2D eigenvalue weighted by Gasteiger charge is 2.06. The van der Waals surface area contributed by atoms with Crippen LogP contribution in [-0.2, 0) is 0 Å². The van der Waals surface area contributed by atoms with Gasteiger partial charge in [0.15, 0.2) is 0 Å². The van der Waals surface area contributed by atoms with Crippen molar-refractivity contribution in [3.8, 4) is 0 Å². The van der Waals surface area contributed by atoms with Crippen LogP contribution in [0.3, 0.4) is 0 Å². The number of benzene rings is 1. The molecule has 1 rings (SSSR count). The zero-order valence-corrected chi connectivity index (χ0v) is 9.39. The van der Waals surface area contributed by atoms with Gasteiger partial charge in [0.1, 0.15) is 0 Å². The van der Waals surface area contributed by atoms with E-state index in [2.05, 4.69) is 0 Å². The molecule has 0 bridgehead atoms. The van der Waals surface area contributed by atoms with Gasteiger partial charge < -0.3 is 16.6 Å².